The van der Waals surface area contributed by atoms with Gasteiger partial charge in [-0.2, -0.15) is 0 Å². The Morgan fingerprint density at radius 2 is 1.84 bits per heavy atom. The molecule has 1 aliphatic rings. The van der Waals surface area contributed by atoms with Crippen LogP contribution in [0, 0.1) is 16.0 Å². The van der Waals surface area contributed by atoms with Crippen LogP contribution in [0.4, 0.5) is 11.4 Å². The molecule has 9 heteroatoms. The first-order valence-electron chi connectivity index (χ1n) is 7.44. The van der Waals surface area contributed by atoms with Gasteiger partial charge in [-0.1, -0.05) is 34.8 Å². The van der Waals surface area contributed by atoms with Crippen molar-refractivity contribution in [3.63, 3.8) is 0 Å². The lowest BCUT2D eigenvalue weighted by molar-refractivity contribution is -0.384. The molecule has 0 spiro atoms. The lowest BCUT2D eigenvalue weighted by atomic mass is 10.2. The van der Waals surface area contributed by atoms with Crippen LogP contribution in [0.2, 0.25) is 15.3 Å². The number of hydrogen-bond acceptors (Lipinski definition) is 4. The van der Waals surface area contributed by atoms with Gasteiger partial charge in [0.15, 0.2) is 0 Å². The molecule has 1 saturated carbocycles. The lowest BCUT2D eigenvalue weighted by Crippen LogP contribution is -2.33. The Hall–Kier alpha value is -1.89. The highest BCUT2D eigenvalue weighted by Gasteiger charge is 2.29. The van der Waals surface area contributed by atoms with Crippen molar-refractivity contribution in [1.29, 1.82) is 0 Å². The van der Waals surface area contributed by atoms with Crippen LogP contribution in [0.25, 0.3) is 0 Å². The molecule has 6 nitrogen and oxygen atoms in total. The Balaban J connectivity index is 2.01. The van der Waals surface area contributed by atoms with Gasteiger partial charge in [-0.05, 0) is 43.0 Å². The number of carbonyl (C=O) groups is 1. The van der Waals surface area contributed by atoms with Gasteiger partial charge in [0.1, 0.15) is 15.3 Å². The first-order valence-corrected chi connectivity index (χ1v) is 8.57. The number of halogens is 3. The Kier molecular flexibility index (Phi) is 5.13. The van der Waals surface area contributed by atoms with E-state index in [1.165, 1.54) is 29.2 Å². The van der Waals surface area contributed by atoms with E-state index in [2.05, 4.69) is 4.98 Å². The van der Waals surface area contributed by atoms with Crippen molar-refractivity contribution in [1.82, 2.24) is 4.98 Å². The third kappa shape index (κ3) is 4.21. The van der Waals surface area contributed by atoms with Crippen LogP contribution in [0.5, 0.6) is 0 Å². The molecule has 1 aromatic carbocycles. The number of nitrogens with zero attached hydrogens (tertiary/aromatic N) is 3. The van der Waals surface area contributed by atoms with Crippen molar-refractivity contribution in [2.24, 2.45) is 5.92 Å². The topological polar surface area (TPSA) is 76.3 Å². The Bertz CT molecular complexity index is 836. The second-order valence-corrected chi connectivity index (χ2v) is 6.93. The zero-order chi connectivity index (χ0) is 18.1. The number of pyridine rings is 1. The molecular weight excluding hydrogens is 389 g/mol. The van der Waals surface area contributed by atoms with E-state index in [0.29, 0.717) is 18.2 Å². The van der Waals surface area contributed by atoms with Gasteiger partial charge in [-0.15, -0.1) is 0 Å². The van der Waals surface area contributed by atoms with Crippen molar-refractivity contribution in [3.05, 3.63) is 61.3 Å². The van der Waals surface area contributed by atoms with Crippen molar-refractivity contribution < 1.29 is 9.72 Å². The molecule has 1 heterocycles. The quantitative estimate of drug-likeness (QED) is 0.402. The van der Waals surface area contributed by atoms with Gasteiger partial charge in [-0.3, -0.25) is 14.9 Å². The molecule has 0 N–H and O–H groups in total. The number of rotatable bonds is 5. The average Bonchev–Trinajstić information content (AvgIpc) is 3.35. The average molecular weight is 401 g/mol. The number of hydrogen-bond donors (Lipinski definition) is 0. The van der Waals surface area contributed by atoms with Gasteiger partial charge < -0.3 is 4.90 Å². The molecule has 3 rings (SSSR count). The molecule has 0 radical (unpaired) electrons. The van der Waals surface area contributed by atoms with Crippen LogP contribution in [0.1, 0.15) is 23.2 Å². The van der Waals surface area contributed by atoms with Crippen molar-refractivity contribution in [3.8, 4) is 0 Å². The number of benzene rings is 1. The summed E-state index contributed by atoms with van der Waals surface area (Å²) in [5, 5.41) is 11.4. The lowest BCUT2D eigenvalue weighted by Gasteiger charge is -2.23. The minimum atomic E-state index is -0.578. The van der Waals surface area contributed by atoms with E-state index in [1.54, 1.807) is 6.07 Å². The maximum atomic E-state index is 13.0. The highest BCUT2D eigenvalue weighted by atomic mass is 35.5. The van der Waals surface area contributed by atoms with Gasteiger partial charge in [-0.25, -0.2) is 4.98 Å². The molecule has 0 saturated heterocycles. The molecule has 0 atom stereocenters. The molecule has 1 aromatic heterocycles. The minimum Gasteiger partial charge on any atom is -0.308 e. The SMILES string of the molecule is O=C(c1cc(Cl)nc(Cl)c1)N(CC1CC1)c1ccc(Cl)c([N+](=O)[O-])c1. The molecule has 2 aromatic rings. The monoisotopic (exact) mass is 399 g/mol. The van der Waals surface area contributed by atoms with Gasteiger partial charge in [0, 0.05) is 18.2 Å². The number of nitro groups is 1. The summed E-state index contributed by atoms with van der Waals surface area (Å²) in [7, 11) is 0. The van der Waals surface area contributed by atoms with Crippen LogP contribution in [0.3, 0.4) is 0 Å². The van der Waals surface area contributed by atoms with E-state index in [9.17, 15) is 14.9 Å². The van der Waals surface area contributed by atoms with E-state index in [-0.39, 0.29) is 32.5 Å². The summed E-state index contributed by atoms with van der Waals surface area (Å²) in [6.07, 6.45) is 2.02. The second-order valence-electron chi connectivity index (χ2n) is 5.75. The number of aromatic nitrogens is 1. The standard InChI is InChI=1S/C16H12Cl3N3O3/c17-12-4-3-11(7-13(12)22(24)25)21(8-9-1-2-9)16(23)10-5-14(18)20-15(19)6-10/h3-7,9H,1-2,8H2. The Morgan fingerprint density at radius 3 is 2.40 bits per heavy atom. The molecule has 25 heavy (non-hydrogen) atoms. The summed E-state index contributed by atoms with van der Waals surface area (Å²) < 4.78 is 0. The maximum absolute atomic E-state index is 13.0. The van der Waals surface area contributed by atoms with Crippen molar-refractivity contribution in [2.45, 2.75) is 12.8 Å². The number of nitro benzene ring substituents is 1. The van der Waals surface area contributed by atoms with E-state index >= 15 is 0 Å². The summed E-state index contributed by atoms with van der Waals surface area (Å²) in [5.41, 5.74) is 0.416. The molecule has 0 unspecified atom stereocenters. The summed E-state index contributed by atoms with van der Waals surface area (Å²) in [4.78, 5) is 28.8. The fourth-order valence-corrected chi connectivity index (χ4v) is 3.06. The van der Waals surface area contributed by atoms with E-state index in [4.69, 9.17) is 34.8 Å². The molecule has 1 amide bonds. The summed E-state index contributed by atoms with van der Waals surface area (Å²) >= 11 is 17.6. The third-order valence-electron chi connectivity index (χ3n) is 3.83. The predicted molar refractivity (Wildman–Crippen MR) is 96.8 cm³/mol. The van der Waals surface area contributed by atoms with Crippen molar-refractivity contribution in [2.75, 3.05) is 11.4 Å². The van der Waals surface area contributed by atoms with Gasteiger partial charge in [0.25, 0.3) is 11.6 Å². The zero-order valence-electron chi connectivity index (χ0n) is 12.8. The normalized spacial score (nSPS) is 13.6. The first-order chi connectivity index (χ1) is 11.8. The minimum absolute atomic E-state index is 0.0163. The largest absolute Gasteiger partial charge is 0.308 e. The first kappa shape index (κ1) is 17.9. The number of carbonyl (C=O) groups excluding carboxylic acids is 1. The summed E-state index contributed by atoms with van der Waals surface area (Å²) in [5.74, 6) is 0.0150. The summed E-state index contributed by atoms with van der Waals surface area (Å²) in [6.45, 7) is 0.454. The van der Waals surface area contributed by atoms with Crippen LogP contribution in [-0.2, 0) is 0 Å². The van der Waals surface area contributed by atoms with E-state index in [1.807, 2.05) is 0 Å². The Labute approximate surface area is 158 Å². The maximum Gasteiger partial charge on any atom is 0.289 e. The smallest absolute Gasteiger partial charge is 0.289 e. The zero-order valence-corrected chi connectivity index (χ0v) is 15.1. The molecule has 0 bridgehead atoms. The van der Waals surface area contributed by atoms with Gasteiger partial charge in [0.05, 0.1) is 10.6 Å². The predicted octanol–water partition coefficient (Wildman–Crippen LogP) is 5.01. The fourth-order valence-electron chi connectivity index (χ4n) is 2.42. The second kappa shape index (κ2) is 7.15. The number of amides is 1. The van der Waals surface area contributed by atoms with E-state index < -0.39 is 4.92 Å². The van der Waals surface area contributed by atoms with Crippen LogP contribution in [-0.4, -0.2) is 22.4 Å². The Morgan fingerprint density at radius 1 is 1.20 bits per heavy atom. The summed E-state index contributed by atoms with van der Waals surface area (Å²) in [6, 6.07) is 7.13. The van der Waals surface area contributed by atoms with E-state index in [0.717, 1.165) is 12.8 Å². The van der Waals surface area contributed by atoms with Crippen LogP contribution in [0.15, 0.2) is 30.3 Å². The molecule has 130 valence electrons. The molecule has 1 aliphatic carbocycles. The molecule has 0 aliphatic heterocycles. The third-order valence-corrected chi connectivity index (χ3v) is 4.54. The molecule has 1 fully saturated rings. The van der Waals surface area contributed by atoms with Crippen molar-refractivity contribution >= 4 is 52.1 Å². The van der Waals surface area contributed by atoms with Crippen LogP contribution >= 0.6 is 34.8 Å². The highest BCUT2D eigenvalue weighted by Crippen LogP contribution is 2.35. The highest BCUT2D eigenvalue weighted by molar-refractivity contribution is 6.33. The number of anilines is 1. The fraction of sp³-hybridized carbons (Fsp3) is 0.250. The van der Waals surface area contributed by atoms with Gasteiger partial charge in [0.2, 0.25) is 0 Å². The van der Waals surface area contributed by atoms with Crippen LogP contribution < -0.4 is 4.90 Å². The van der Waals surface area contributed by atoms with Gasteiger partial charge >= 0.3 is 0 Å². The molecular formula is C16H12Cl3N3O3.